The molecule has 6 heteroatoms. The van der Waals surface area contributed by atoms with Gasteiger partial charge in [-0.3, -0.25) is 9.48 Å². The number of unbranched alkanes of at least 4 members (excludes halogenated alkanes) is 1. The van der Waals surface area contributed by atoms with Crippen LogP contribution < -0.4 is 5.32 Å². The standard InChI is InChI=1S/C13H21N3O3/c1-4-5-6-10(13(18)19)15-12(17)9(2)11-7-8-14-16(11)3/h7-10H,4-6H2,1-3H3,(H,15,17)(H,18,19)/t9?,10-/m0/s1. The Morgan fingerprint density at radius 3 is 2.68 bits per heavy atom. The van der Waals surface area contributed by atoms with E-state index in [4.69, 9.17) is 5.11 Å². The van der Waals surface area contributed by atoms with Crippen LogP contribution in [-0.2, 0) is 16.6 Å². The first-order valence-electron chi connectivity index (χ1n) is 6.48. The lowest BCUT2D eigenvalue weighted by atomic mass is 10.0. The second-order valence-corrected chi connectivity index (χ2v) is 4.64. The summed E-state index contributed by atoms with van der Waals surface area (Å²) in [6.45, 7) is 3.73. The average Bonchev–Trinajstić information content (AvgIpc) is 2.79. The lowest BCUT2D eigenvalue weighted by molar-refractivity contribution is -0.142. The highest BCUT2D eigenvalue weighted by molar-refractivity contribution is 5.87. The van der Waals surface area contributed by atoms with Crippen LogP contribution in [0.3, 0.4) is 0 Å². The van der Waals surface area contributed by atoms with Crippen molar-refractivity contribution in [3.8, 4) is 0 Å². The zero-order chi connectivity index (χ0) is 14.4. The topological polar surface area (TPSA) is 84.2 Å². The predicted octanol–water partition coefficient (Wildman–Crippen LogP) is 1.28. The minimum absolute atomic E-state index is 0.285. The van der Waals surface area contributed by atoms with Gasteiger partial charge in [-0.25, -0.2) is 4.79 Å². The molecule has 1 aromatic rings. The number of nitrogens with one attached hydrogen (secondary N) is 1. The van der Waals surface area contributed by atoms with Crippen LogP contribution in [0.5, 0.6) is 0 Å². The molecule has 1 unspecified atom stereocenters. The molecule has 0 aromatic carbocycles. The fourth-order valence-corrected chi connectivity index (χ4v) is 1.91. The van der Waals surface area contributed by atoms with E-state index in [2.05, 4.69) is 10.4 Å². The SMILES string of the molecule is CCCC[C@H](NC(=O)C(C)c1ccnn1C)C(=O)O. The van der Waals surface area contributed by atoms with Gasteiger partial charge < -0.3 is 10.4 Å². The molecule has 106 valence electrons. The van der Waals surface area contributed by atoms with Gasteiger partial charge in [0.2, 0.25) is 5.91 Å². The Labute approximate surface area is 112 Å². The van der Waals surface area contributed by atoms with Gasteiger partial charge in [-0.1, -0.05) is 19.8 Å². The minimum atomic E-state index is -0.987. The average molecular weight is 267 g/mol. The van der Waals surface area contributed by atoms with Crippen LogP contribution in [0.2, 0.25) is 0 Å². The lowest BCUT2D eigenvalue weighted by Crippen LogP contribution is -2.42. The van der Waals surface area contributed by atoms with Gasteiger partial charge in [-0.15, -0.1) is 0 Å². The third-order valence-electron chi connectivity index (χ3n) is 3.16. The molecule has 2 atom stereocenters. The summed E-state index contributed by atoms with van der Waals surface area (Å²) in [5.41, 5.74) is 0.761. The first kappa shape index (κ1) is 15.2. The zero-order valence-corrected chi connectivity index (χ0v) is 11.6. The number of carboxylic acids is 1. The molecule has 1 rings (SSSR count). The third kappa shape index (κ3) is 4.08. The normalized spacial score (nSPS) is 13.8. The largest absolute Gasteiger partial charge is 0.480 e. The van der Waals surface area contributed by atoms with Crippen molar-refractivity contribution in [1.82, 2.24) is 15.1 Å². The highest BCUT2D eigenvalue weighted by Crippen LogP contribution is 2.14. The maximum absolute atomic E-state index is 12.1. The molecular formula is C13H21N3O3. The molecule has 1 aromatic heterocycles. The molecule has 6 nitrogen and oxygen atoms in total. The Hall–Kier alpha value is -1.85. The second kappa shape index (κ2) is 6.92. The van der Waals surface area contributed by atoms with Crippen molar-refractivity contribution in [1.29, 1.82) is 0 Å². The number of amides is 1. The molecule has 0 aliphatic heterocycles. The minimum Gasteiger partial charge on any atom is -0.480 e. The van der Waals surface area contributed by atoms with Crippen molar-refractivity contribution in [2.45, 2.75) is 45.1 Å². The molecule has 0 spiro atoms. The van der Waals surface area contributed by atoms with Crippen LogP contribution in [0.15, 0.2) is 12.3 Å². The smallest absolute Gasteiger partial charge is 0.326 e. The molecule has 1 heterocycles. The maximum Gasteiger partial charge on any atom is 0.326 e. The Morgan fingerprint density at radius 1 is 1.53 bits per heavy atom. The number of nitrogens with zero attached hydrogens (tertiary/aromatic N) is 2. The van der Waals surface area contributed by atoms with E-state index in [9.17, 15) is 9.59 Å². The van der Waals surface area contributed by atoms with Crippen molar-refractivity contribution in [3.05, 3.63) is 18.0 Å². The predicted molar refractivity (Wildman–Crippen MR) is 70.7 cm³/mol. The molecule has 0 aliphatic rings. The highest BCUT2D eigenvalue weighted by Gasteiger charge is 2.24. The molecule has 2 N–H and O–H groups in total. The van der Waals surface area contributed by atoms with Gasteiger partial charge in [0.15, 0.2) is 0 Å². The molecule has 0 saturated heterocycles. The Bertz CT molecular complexity index is 442. The summed E-state index contributed by atoms with van der Waals surface area (Å²) >= 11 is 0. The van der Waals surface area contributed by atoms with Crippen molar-refractivity contribution in [2.24, 2.45) is 7.05 Å². The van der Waals surface area contributed by atoms with Crippen LogP contribution in [0, 0.1) is 0 Å². The number of carboxylic acid groups (broad SMARTS) is 1. The van der Waals surface area contributed by atoms with E-state index in [1.807, 2.05) is 6.92 Å². The van der Waals surface area contributed by atoms with Crippen LogP contribution in [0.25, 0.3) is 0 Å². The van der Waals surface area contributed by atoms with Crippen LogP contribution in [0.4, 0.5) is 0 Å². The first-order chi connectivity index (χ1) is 8.97. The van der Waals surface area contributed by atoms with Gasteiger partial charge >= 0.3 is 5.97 Å². The maximum atomic E-state index is 12.1. The monoisotopic (exact) mass is 267 g/mol. The van der Waals surface area contributed by atoms with Gasteiger partial charge in [0.1, 0.15) is 6.04 Å². The summed E-state index contributed by atoms with van der Waals surface area (Å²) < 4.78 is 1.62. The molecule has 1 amide bonds. The van der Waals surface area contributed by atoms with Gasteiger partial charge in [0, 0.05) is 13.2 Å². The molecule has 0 fully saturated rings. The van der Waals surface area contributed by atoms with Gasteiger partial charge in [-0.05, 0) is 19.4 Å². The number of hydrogen-bond acceptors (Lipinski definition) is 3. The second-order valence-electron chi connectivity index (χ2n) is 4.64. The van der Waals surface area contributed by atoms with E-state index in [1.54, 1.807) is 30.9 Å². The zero-order valence-electron chi connectivity index (χ0n) is 11.6. The number of rotatable bonds is 7. The first-order valence-corrected chi connectivity index (χ1v) is 6.48. The highest BCUT2D eigenvalue weighted by atomic mass is 16.4. The number of hydrogen-bond donors (Lipinski definition) is 2. The Balaban J connectivity index is 2.66. The van der Waals surface area contributed by atoms with Crippen molar-refractivity contribution in [2.75, 3.05) is 0 Å². The molecular weight excluding hydrogens is 246 g/mol. The van der Waals surface area contributed by atoms with Gasteiger partial charge in [0.25, 0.3) is 0 Å². The van der Waals surface area contributed by atoms with E-state index in [0.29, 0.717) is 6.42 Å². The number of carbonyl (C=O) groups excluding carboxylic acids is 1. The van der Waals surface area contributed by atoms with Crippen molar-refractivity contribution >= 4 is 11.9 Å². The Morgan fingerprint density at radius 2 is 2.21 bits per heavy atom. The molecule has 19 heavy (non-hydrogen) atoms. The summed E-state index contributed by atoms with van der Waals surface area (Å²) in [7, 11) is 1.75. The summed E-state index contributed by atoms with van der Waals surface area (Å²) in [6, 6.07) is 0.939. The lowest BCUT2D eigenvalue weighted by Gasteiger charge is -2.17. The van der Waals surface area contributed by atoms with Gasteiger partial charge in [-0.2, -0.15) is 5.10 Å². The summed E-state index contributed by atoms with van der Waals surface area (Å²) in [5, 5.41) is 15.7. The summed E-state index contributed by atoms with van der Waals surface area (Å²) in [4.78, 5) is 23.1. The van der Waals surface area contributed by atoms with Crippen molar-refractivity contribution in [3.63, 3.8) is 0 Å². The Kier molecular flexibility index (Phi) is 5.54. The fourth-order valence-electron chi connectivity index (χ4n) is 1.91. The summed E-state index contributed by atoms with van der Waals surface area (Å²) in [6.07, 6.45) is 3.74. The van der Waals surface area contributed by atoms with Crippen LogP contribution >= 0.6 is 0 Å². The molecule has 0 radical (unpaired) electrons. The van der Waals surface area contributed by atoms with E-state index < -0.39 is 17.9 Å². The fraction of sp³-hybridized carbons (Fsp3) is 0.615. The number of aliphatic carboxylic acids is 1. The molecule has 0 saturated carbocycles. The molecule has 0 bridgehead atoms. The summed E-state index contributed by atoms with van der Waals surface area (Å²) in [5.74, 6) is -1.69. The van der Waals surface area contributed by atoms with Crippen LogP contribution in [-0.4, -0.2) is 32.8 Å². The van der Waals surface area contributed by atoms with E-state index in [0.717, 1.165) is 18.5 Å². The van der Waals surface area contributed by atoms with E-state index in [1.165, 1.54) is 0 Å². The van der Waals surface area contributed by atoms with E-state index >= 15 is 0 Å². The van der Waals surface area contributed by atoms with E-state index in [-0.39, 0.29) is 5.91 Å². The third-order valence-corrected chi connectivity index (χ3v) is 3.16. The number of carbonyl (C=O) groups is 2. The number of aryl methyl sites for hydroxylation is 1. The molecule has 0 aliphatic carbocycles. The van der Waals surface area contributed by atoms with Crippen molar-refractivity contribution < 1.29 is 14.7 Å². The van der Waals surface area contributed by atoms with Gasteiger partial charge in [0.05, 0.1) is 11.6 Å². The van der Waals surface area contributed by atoms with Crippen LogP contribution in [0.1, 0.15) is 44.7 Å². The number of aromatic nitrogens is 2. The quantitative estimate of drug-likeness (QED) is 0.779.